The number of likely N-dealkylation sites (N-methyl/N-ethyl adjacent to an activating group) is 1. The fourth-order valence-corrected chi connectivity index (χ4v) is 3.52. The van der Waals surface area contributed by atoms with Crippen LogP contribution in [0.3, 0.4) is 0 Å². The van der Waals surface area contributed by atoms with Crippen LogP contribution in [-0.2, 0) is 30.8 Å². The second-order valence-corrected chi connectivity index (χ2v) is 6.91. The van der Waals surface area contributed by atoms with Gasteiger partial charge < -0.3 is 14.8 Å². The van der Waals surface area contributed by atoms with E-state index in [2.05, 4.69) is 50.1 Å². The number of nitrogens with zero attached hydrogens (tertiary/aromatic N) is 4. The maximum Gasteiger partial charge on any atom is 0.222 e. The SMILES string of the molecule is CN(CCn1ccc2ccccc21)C(=O)CCc1cc2n(n1)CCNC2.Cl. The van der Waals surface area contributed by atoms with Gasteiger partial charge in [-0.05, 0) is 23.6 Å². The summed E-state index contributed by atoms with van der Waals surface area (Å²) in [7, 11) is 1.89. The molecule has 6 nitrogen and oxygen atoms in total. The van der Waals surface area contributed by atoms with E-state index in [9.17, 15) is 4.79 Å². The van der Waals surface area contributed by atoms with Crippen LogP contribution in [0.25, 0.3) is 10.9 Å². The minimum Gasteiger partial charge on any atom is -0.346 e. The lowest BCUT2D eigenvalue weighted by molar-refractivity contribution is -0.130. The van der Waals surface area contributed by atoms with E-state index in [4.69, 9.17) is 0 Å². The molecule has 144 valence electrons. The molecule has 3 heterocycles. The first-order chi connectivity index (χ1) is 12.7. The van der Waals surface area contributed by atoms with E-state index in [0.717, 1.165) is 31.9 Å². The third-order valence-electron chi connectivity index (χ3n) is 5.10. The molecular weight excluding hydrogens is 362 g/mol. The number of hydrogen-bond acceptors (Lipinski definition) is 3. The van der Waals surface area contributed by atoms with Gasteiger partial charge in [-0.3, -0.25) is 9.48 Å². The van der Waals surface area contributed by atoms with E-state index in [0.29, 0.717) is 19.4 Å². The number of aromatic nitrogens is 3. The van der Waals surface area contributed by atoms with Crippen LogP contribution in [0, 0.1) is 0 Å². The second kappa shape index (κ2) is 8.59. The van der Waals surface area contributed by atoms with Crippen molar-refractivity contribution in [2.45, 2.75) is 32.5 Å². The lowest BCUT2D eigenvalue weighted by Crippen LogP contribution is -2.30. The highest BCUT2D eigenvalue weighted by Crippen LogP contribution is 2.15. The van der Waals surface area contributed by atoms with Crippen LogP contribution in [0.2, 0.25) is 0 Å². The molecule has 1 aromatic carbocycles. The number of halogens is 1. The fourth-order valence-electron chi connectivity index (χ4n) is 3.52. The van der Waals surface area contributed by atoms with Crippen LogP contribution in [0.5, 0.6) is 0 Å². The lowest BCUT2D eigenvalue weighted by atomic mass is 10.2. The average Bonchev–Trinajstić information content (AvgIpc) is 3.27. The fraction of sp³-hybridized carbons (Fsp3) is 0.400. The Labute approximate surface area is 165 Å². The van der Waals surface area contributed by atoms with Gasteiger partial charge in [0.15, 0.2) is 0 Å². The molecule has 0 atom stereocenters. The largest absolute Gasteiger partial charge is 0.346 e. The first-order valence-corrected chi connectivity index (χ1v) is 9.25. The van der Waals surface area contributed by atoms with E-state index in [1.807, 2.05) is 24.1 Å². The van der Waals surface area contributed by atoms with Crippen molar-refractivity contribution < 1.29 is 4.79 Å². The molecule has 0 saturated heterocycles. The number of carbonyl (C=O) groups is 1. The van der Waals surface area contributed by atoms with Crippen molar-refractivity contribution in [2.75, 3.05) is 20.1 Å². The summed E-state index contributed by atoms with van der Waals surface area (Å²) in [5.74, 6) is 0.172. The van der Waals surface area contributed by atoms with E-state index >= 15 is 0 Å². The first-order valence-electron chi connectivity index (χ1n) is 9.25. The van der Waals surface area contributed by atoms with Crippen LogP contribution in [-0.4, -0.2) is 45.3 Å². The number of para-hydroxylation sites is 1. The van der Waals surface area contributed by atoms with Crippen LogP contribution >= 0.6 is 12.4 Å². The van der Waals surface area contributed by atoms with Crippen LogP contribution in [0.4, 0.5) is 0 Å². The zero-order chi connectivity index (χ0) is 17.9. The molecule has 1 aliphatic rings. The Balaban J connectivity index is 0.00000210. The Kier molecular flexibility index (Phi) is 6.19. The van der Waals surface area contributed by atoms with Crippen LogP contribution < -0.4 is 5.32 Å². The Morgan fingerprint density at radius 1 is 1.30 bits per heavy atom. The van der Waals surface area contributed by atoms with Gasteiger partial charge in [-0.2, -0.15) is 5.10 Å². The predicted octanol–water partition coefficient (Wildman–Crippen LogP) is 2.45. The lowest BCUT2D eigenvalue weighted by Gasteiger charge is -2.17. The Hall–Kier alpha value is -2.31. The molecule has 1 aliphatic heterocycles. The molecule has 0 saturated carbocycles. The van der Waals surface area contributed by atoms with Crippen molar-refractivity contribution in [3.8, 4) is 0 Å². The zero-order valence-corrected chi connectivity index (χ0v) is 16.4. The van der Waals surface area contributed by atoms with Crippen molar-refractivity contribution in [3.63, 3.8) is 0 Å². The highest BCUT2D eigenvalue weighted by atomic mass is 35.5. The summed E-state index contributed by atoms with van der Waals surface area (Å²) in [5, 5.41) is 9.18. The summed E-state index contributed by atoms with van der Waals surface area (Å²) in [4.78, 5) is 14.3. The molecule has 0 unspecified atom stereocenters. The van der Waals surface area contributed by atoms with Crippen molar-refractivity contribution >= 4 is 29.2 Å². The number of amides is 1. The predicted molar refractivity (Wildman–Crippen MR) is 109 cm³/mol. The van der Waals surface area contributed by atoms with Gasteiger partial charge in [0.05, 0.1) is 17.9 Å². The van der Waals surface area contributed by atoms with Gasteiger partial charge in [-0.25, -0.2) is 0 Å². The molecule has 3 aromatic rings. The number of rotatable bonds is 6. The Morgan fingerprint density at radius 2 is 2.15 bits per heavy atom. The second-order valence-electron chi connectivity index (χ2n) is 6.91. The minimum atomic E-state index is 0. The minimum absolute atomic E-state index is 0. The molecule has 1 N–H and O–H groups in total. The molecule has 1 amide bonds. The number of aryl methyl sites for hydroxylation is 1. The summed E-state index contributed by atoms with van der Waals surface area (Å²) in [6.45, 7) is 4.25. The zero-order valence-electron chi connectivity index (χ0n) is 15.6. The number of benzene rings is 1. The van der Waals surface area contributed by atoms with Crippen molar-refractivity contribution in [1.82, 2.24) is 24.6 Å². The highest BCUT2D eigenvalue weighted by Gasteiger charge is 2.14. The number of carbonyl (C=O) groups excluding carboxylic acids is 1. The van der Waals surface area contributed by atoms with Gasteiger partial charge in [0.1, 0.15) is 0 Å². The molecule has 0 spiro atoms. The third-order valence-corrected chi connectivity index (χ3v) is 5.10. The smallest absolute Gasteiger partial charge is 0.222 e. The van der Waals surface area contributed by atoms with Gasteiger partial charge in [0, 0.05) is 57.8 Å². The summed E-state index contributed by atoms with van der Waals surface area (Å²) in [6.07, 6.45) is 3.30. The Bertz CT molecular complexity index is 893. The standard InChI is InChI=1S/C20H25N5O.ClH/c1-23(12-13-24-10-8-16-4-2-3-5-19(16)24)20(26)7-6-17-14-18-15-21-9-11-25(18)22-17;/h2-5,8,10,14,21H,6-7,9,11-13,15H2,1H3;1H. The summed E-state index contributed by atoms with van der Waals surface area (Å²) in [6, 6.07) is 12.6. The summed E-state index contributed by atoms with van der Waals surface area (Å²) in [5.41, 5.74) is 3.44. The van der Waals surface area contributed by atoms with E-state index in [-0.39, 0.29) is 18.3 Å². The van der Waals surface area contributed by atoms with Crippen LogP contribution in [0.15, 0.2) is 42.6 Å². The highest BCUT2D eigenvalue weighted by molar-refractivity contribution is 5.85. The molecule has 7 heteroatoms. The van der Waals surface area contributed by atoms with Crippen molar-refractivity contribution in [2.24, 2.45) is 0 Å². The molecule has 0 bridgehead atoms. The third kappa shape index (κ3) is 4.34. The van der Waals surface area contributed by atoms with Gasteiger partial charge in [0.25, 0.3) is 0 Å². The van der Waals surface area contributed by atoms with Crippen molar-refractivity contribution in [1.29, 1.82) is 0 Å². The summed E-state index contributed by atoms with van der Waals surface area (Å²) < 4.78 is 4.26. The van der Waals surface area contributed by atoms with Crippen molar-refractivity contribution in [3.05, 3.63) is 54.0 Å². The van der Waals surface area contributed by atoms with E-state index < -0.39 is 0 Å². The molecule has 27 heavy (non-hydrogen) atoms. The number of hydrogen-bond donors (Lipinski definition) is 1. The topological polar surface area (TPSA) is 55.1 Å². The number of nitrogens with one attached hydrogen (secondary N) is 1. The van der Waals surface area contributed by atoms with Gasteiger partial charge in [0.2, 0.25) is 5.91 Å². The molecular formula is C20H26ClN5O. The van der Waals surface area contributed by atoms with E-state index in [1.54, 1.807) is 0 Å². The Morgan fingerprint density at radius 3 is 3.00 bits per heavy atom. The molecule has 4 rings (SSSR count). The van der Waals surface area contributed by atoms with E-state index in [1.165, 1.54) is 16.6 Å². The van der Waals surface area contributed by atoms with Gasteiger partial charge in [-0.15, -0.1) is 12.4 Å². The molecule has 2 aromatic heterocycles. The number of fused-ring (bicyclic) bond motifs is 2. The van der Waals surface area contributed by atoms with Crippen LogP contribution in [0.1, 0.15) is 17.8 Å². The summed E-state index contributed by atoms with van der Waals surface area (Å²) >= 11 is 0. The maximum absolute atomic E-state index is 12.5. The average molecular weight is 388 g/mol. The molecule has 0 fully saturated rings. The normalized spacial score (nSPS) is 13.2. The monoisotopic (exact) mass is 387 g/mol. The quantitative estimate of drug-likeness (QED) is 0.706. The first kappa shape index (κ1) is 19.5. The molecule has 0 aliphatic carbocycles. The molecule has 0 radical (unpaired) electrons. The van der Waals surface area contributed by atoms with Gasteiger partial charge in [-0.1, -0.05) is 18.2 Å². The maximum atomic E-state index is 12.5. The van der Waals surface area contributed by atoms with Gasteiger partial charge >= 0.3 is 0 Å².